The first kappa shape index (κ1) is 16.3. The minimum atomic E-state index is -3.68. The number of allylic oxidation sites excluding steroid dienone is 2. The first-order chi connectivity index (χ1) is 10.3. The van der Waals surface area contributed by atoms with Crippen LogP contribution >= 0.6 is 11.8 Å². The highest BCUT2D eigenvalue weighted by atomic mass is 32.2. The fourth-order valence-corrected chi connectivity index (χ4v) is 2.99. The van der Waals surface area contributed by atoms with Crippen molar-refractivity contribution in [1.82, 2.24) is 0 Å². The van der Waals surface area contributed by atoms with Gasteiger partial charge in [0.25, 0.3) is 0 Å². The van der Waals surface area contributed by atoms with E-state index in [4.69, 9.17) is 0 Å². The molecule has 5 nitrogen and oxygen atoms in total. The molecule has 0 radical (unpaired) electrons. The van der Waals surface area contributed by atoms with Crippen molar-refractivity contribution in [2.75, 3.05) is 6.26 Å². The molecule has 0 bridgehead atoms. The molecule has 0 amide bonds. The van der Waals surface area contributed by atoms with Crippen LogP contribution < -0.4 is 0 Å². The Hall–Kier alpha value is -2.04. The lowest BCUT2D eigenvalue weighted by Gasteiger charge is -2.08. The molecule has 0 aromatic heterocycles. The summed E-state index contributed by atoms with van der Waals surface area (Å²) >= 11 is 1.21. The van der Waals surface area contributed by atoms with Crippen LogP contribution in [0.3, 0.4) is 0 Å². The van der Waals surface area contributed by atoms with E-state index in [1.54, 1.807) is 11.5 Å². The summed E-state index contributed by atoms with van der Waals surface area (Å²) in [5.74, 6) is 0. The van der Waals surface area contributed by atoms with E-state index >= 15 is 0 Å². The summed E-state index contributed by atoms with van der Waals surface area (Å²) in [7, 11) is -3.68. The summed E-state index contributed by atoms with van der Waals surface area (Å²) in [6.07, 6.45) is 2.65. The van der Waals surface area contributed by atoms with Gasteiger partial charge in [0.1, 0.15) is 11.1 Å². The van der Waals surface area contributed by atoms with Gasteiger partial charge in [0.15, 0.2) is 0 Å². The lowest BCUT2D eigenvalue weighted by Crippen LogP contribution is -2.02. The van der Waals surface area contributed by atoms with Gasteiger partial charge >= 0.3 is 10.1 Å². The number of thioether (sulfide) groups is 1. The smallest absolute Gasteiger partial charge is 0.268 e. The Bertz CT molecular complexity index is 844. The van der Waals surface area contributed by atoms with Gasteiger partial charge in [-0.2, -0.15) is 13.7 Å². The van der Waals surface area contributed by atoms with Crippen LogP contribution in [-0.4, -0.2) is 19.7 Å². The second kappa shape index (κ2) is 6.38. The lowest BCUT2D eigenvalue weighted by molar-refractivity contribution is 0.345. The summed E-state index contributed by atoms with van der Waals surface area (Å²) in [6.45, 7) is 3.91. The molecule has 1 aliphatic rings. The van der Waals surface area contributed by atoms with Crippen molar-refractivity contribution in [3.8, 4) is 6.07 Å². The summed E-state index contributed by atoms with van der Waals surface area (Å²) in [5, 5.41) is 15.2. The van der Waals surface area contributed by atoms with Crippen LogP contribution in [-0.2, 0) is 14.4 Å². The number of rotatable bonds is 3. The normalized spacial score (nSPS) is 18.4. The van der Waals surface area contributed by atoms with E-state index in [-0.39, 0.29) is 0 Å². The topological polar surface area (TPSA) is 79.5 Å². The summed E-state index contributed by atoms with van der Waals surface area (Å²) in [6, 6.07) is 7.97. The number of nitrogens with zero attached hydrogens (tertiary/aromatic N) is 2. The van der Waals surface area contributed by atoms with Gasteiger partial charge in [-0.1, -0.05) is 40.7 Å². The summed E-state index contributed by atoms with van der Waals surface area (Å²) in [5.41, 5.74) is 3.87. The van der Waals surface area contributed by atoms with Crippen LogP contribution in [0.25, 0.3) is 5.57 Å². The van der Waals surface area contributed by atoms with E-state index in [1.807, 2.05) is 32.0 Å². The second-order valence-electron chi connectivity index (χ2n) is 4.81. The molecule has 1 aromatic carbocycles. The maximum atomic E-state index is 11.1. The molecule has 0 N–H and O–H groups in total. The molecule has 1 heterocycles. The van der Waals surface area contributed by atoms with Crippen LogP contribution in [0.2, 0.25) is 0 Å². The Balaban J connectivity index is 2.53. The van der Waals surface area contributed by atoms with Gasteiger partial charge in [-0.3, -0.25) is 4.28 Å². The molecule has 0 saturated carbocycles. The number of oxime groups is 1. The first-order valence-corrected chi connectivity index (χ1v) is 9.03. The number of aryl methyl sites for hydroxylation is 2. The molecule has 0 unspecified atom stereocenters. The van der Waals surface area contributed by atoms with E-state index in [0.717, 1.165) is 22.9 Å². The third-order valence-corrected chi connectivity index (χ3v) is 4.07. The van der Waals surface area contributed by atoms with Crippen molar-refractivity contribution in [2.24, 2.45) is 5.16 Å². The average Bonchev–Trinajstić information content (AvgIpc) is 2.87. The molecule has 0 fully saturated rings. The zero-order chi connectivity index (χ0) is 16.3. The molecule has 0 spiro atoms. The Morgan fingerprint density at radius 3 is 2.68 bits per heavy atom. The lowest BCUT2D eigenvalue weighted by atomic mass is 9.96. The van der Waals surface area contributed by atoms with Gasteiger partial charge in [0.2, 0.25) is 0 Å². The van der Waals surface area contributed by atoms with E-state index in [9.17, 15) is 13.7 Å². The van der Waals surface area contributed by atoms with Gasteiger partial charge in [-0.25, -0.2) is 0 Å². The Kier molecular flexibility index (Phi) is 4.74. The third-order valence-electron chi connectivity index (χ3n) is 2.93. The molecule has 0 atom stereocenters. The standard InChI is InChI=1S/C15H14N2O3S2/c1-10-4-5-12(11(2)8-10)14(9-16)13-6-7-21-15(13)17-20-22(3,18)19/h4-8H,1-3H3/b14-13+,17-15-. The zero-order valence-corrected chi connectivity index (χ0v) is 14.0. The third kappa shape index (κ3) is 3.78. The van der Waals surface area contributed by atoms with Gasteiger partial charge in [0.05, 0.1) is 11.8 Å². The van der Waals surface area contributed by atoms with Crippen molar-refractivity contribution in [3.63, 3.8) is 0 Å². The number of hydrogen-bond acceptors (Lipinski definition) is 6. The Labute approximate surface area is 134 Å². The maximum Gasteiger partial charge on any atom is 0.325 e. The highest BCUT2D eigenvalue weighted by Crippen LogP contribution is 2.32. The van der Waals surface area contributed by atoms with Gasteiger partial charge in [-0.05, 0) is 36.5 Å². The highest BCUT2D eigenvalue weighted by Gasteiger charge is 2.20. The van der Waals surface area contributed by atoms with E-state index in [2.05, 4.69) is 15.5 Å². The van der Waals surface area contributed by atoms with Gasteiger partial charge in [0, 0.05) is 5.57 Å². The molecule has 0 saturated heterocycles. The minimum Gasteiger partial charge on any atom is -0.268 e. The Morgan fingerprint density at radius 2 is 2.09 bits per heavy atom. The molecule has 114 valence electrons. The minimum absolute atomic E-state index is 0.349. The molecule has 22 heavy (non-hydrogen) atoms. The molecule has 2 rings (SSSR count). The largest absolute Gasteiger partial charge is 0.325 e. The molecule has 1 aliphatic heterocycles. The van der Waals surface area contributed by atoms with Crippen molar-refractivity contribution in [2.45, 2.75) is 13.8 Å². The molecular weight excluding hydrogens is 320 g/mol. The SMILES string of the molecule is Cc1ccc(/C(C#N)=C2\C=CS\C2=N/OS(C)(=O)=O)c(C)c1. The van der Waals surface area contributed by atoms with E-state index in [0.29, 0.717) is 16.2 Å². The summed E-state index contributed by atoms with van der Waals surface area (Å²) < 4.78 is 26.6. The van der Waals surface area contributed by atoms with Crippen molar-refractivity contribution in [3.05, 3.63) is 51.9 Å². The van der Waals surface area contributed by atoms with Crippen LogP contribution in [0.15, 0.2) is 40.4 Å². The van der Waals surface area contributed by atoms with Crippen molar-refractivity contribution in [1.29, 1.82) is 5.26 Å². The maximum absolute atomic E-state index is 11.1. The fourth-order valence-electron chi connectivity index (χ4n) is 2.02. The van der Waals surface area contributed by atoms with Crippen LogP contribution in [0, 0.1) is 25.2 Å². The monoisotopic (exact) mass is 334 g/mol. The average molecular weight is 334 g/mol. The molecule has 7 heteroatoms. The number of nitriles is 1. The summed E-state index contributed by atoms with van der Waals surface area (Å²) in [4.78, 5) is 0. The second-order valence-corrected chi connectivity index (χ2v) is 7.27. The van der Waals surface area contributed by atoms with Crippen LogP contribution in [0.1, 0.15) is 16.7 Å². The van der Waals surface area contributed by atoms with Gasteiger partial charge < -0.3 is 0 Å². The fraction of sp³-hybridized carbons (Fsp3) is 0.200. The highest BCUT2D eigenvalue weighted by molar-refractivity contribution is 8.17. The van der Waals surface area contributed by atoms with Crippen molar-refractivity contribution >= 4 is 32.5 Å². The van der Waals surface area contributed by atoms with Crippen molar-refractivity contribution < 1.29 is 12.7 Å². The molecule has 1 aromatic rings. The van der Waals surface area contributed by atoms with E-state index in [1.165, 1.54) is 11.8 Å². The van der Waals surface area contributed by atoms with Gasteiger partial charge in [-0.15, -0.1) is 0 Å². The van der Waals surface area contributed by atoms with Crippen LogP contribution in [0.5, 0.6) is 0 Å². The molecular formula is C15H14N2O3S2. The quantitative estimate of drug-likeness (QED) is 0.627. The first-order valence-electron chi connectivity index (χ1n) is 6.34. The van der Waals surface area contributed by atoms with E-state index < -0.39 is 10.1 Å². The van der Waals surface area contributed by atoms with Crippen LogP contribution in [0.4, 0.5) is 0 Å². The predicted octanol–water partition coefficient (Wildman–Crippen LogP) is 3.13. The number of benzene rings is 1. The predicted molar refractivity (Wildman–Crippen MR) is 88.5 cm³/mol. The number of hydrogen-bond donors (Lipinski definition) is 0. The zero-order valence-electron chi connectivity index (χ0n) is 12.3. The Morgan fingerprint density at radius 1 is 1.36 bits per heavy atom. The molecule has 0 aliphatic carbocycles.